The molecule has 7 heteroatoms. The zero-order chi connectivity index (χ0) is 14.5. The van der Waals surface area contributed by atoms with E-state index in [-0.39, 0.29) is 5.82 Å². The molecule has 1 aromatic heterocycles. The summed E-state index contributed by atoms with van der Waals surface area (Å²) >= 11 is 1.22. The second-order valence-electron chi connectivity index (χ2n) is 4.80. The maximum atomic E-state index is 11.9. The van der Waals surface area contributed by atoms with E-state index in [2.05, 4.69) is 21.5 Å². The topological polar surface area (TPSA) is 80.5 Å². The summed E-state index contributed by atoms with van der Waals surface area (Å²) in [5.74, 6) is -0.158. The summed E-state index contributed by atoms with van der Waals surface area (Å²) in [6.45, 7) is 7.30. The second kappa shape index (κ2) is 6.90. The number of nitrogens with zero attached hydrogens (tertiary/aromatic N) is 2. The molecule has 2 rings (SSSR count). The van der Waals surface area contributed by atoms with Gasteiger partial charge in [0.25, 0.3) is 0 Å². The van der Waals surface area contributed by atoms with Gasteiger partial charge >= 0.3 is 5.97 Å². The third kappa shape index (κ3) is 3.21. The van der Waals surface area contributed by atoms with Gasteiger partial charge < -0.3 is 15.8 Å². The van der Waals surface area contributed by atoms with Crippen LogP contribution in [0.5, 0.6) is 0 Å². The predicted octanol–water partition coefficient (Wildman–Crippen LogP) is 1.80. The molecule has 1 unspecified atom stereocenters. The summed E-state index contributed by atoms with van der Waals surface area (Å²) in [6, 6.07) is 0.512. The van der Waals surface area contributed by atoms with E-state index < -0.39 is 5.97 Å². The maximum Gasteiger partial charge on any atom is 0.344 e. The van der Waals surface area contributed by atoms with Crippen LogP contribution in [-0.2, 0) is 4.74 Å². The molecule has 0 aromatic carbocycles. The molecule has 0 amide bonds. The molecule has 1 saturated heterocycles. The average molecular weight is 298 g/mol. The van der Waals surface area contributed by atoms with Crippen molar-refractivity contribution in [3.8, 4) is 0 Å². The highest BCUT2D eigenvalue weighted by Gasteiger charge is 2.25. The minimum absolute atomic E-state index is 0.245. The third-order valence-corrected chi connectivity index (χ3v) is 4.42. The van der Waals surface area contributed by atoms with E-state index in [1.807, 2.05) is 0 Å². The Morgan fingerprint density at radius 3 is 3.10 bits per heavy atom. The number of hydrogen-bond acceptors (Lipinski definition) is 7. The van der Waals surface area contributed by atoms with Crippen LogP contribution in [0, 0.1) is 0 Å². The van der Waals surface area contributed by atoms with Crippen molar-refractivity contribution in [2.75, 3.05) is 37.3 Å². The molecule has 112 valence electrons. The lowest BCUT2D eigenvalue weighted by atomic mass is 10.2. The van der Waals surface area contributed by atoms with Gasteiger partial charge in [-0.3, -0.25) is 4.90 Å². The van der Waals surface area contributed by atoms with Crippen LogP contribution >= 0.6 is 11.5 Å². The van der Waals surface area contributed by atoms with E-state index in [0.717, 1.165) is 19.6 Å². The van der Waals surface area contributed by atoms with Crippen LogP contribution in [0.1, 0.15) is 37.0 Å². The smallest absolute Gasteiger partial charge is 0.344 e. The van der Waals surface area contributed by atoms with Gasteiger partial charge in [-0.05, 0) is 44.4 Å². The van der Waals surface area contributed by atoms with Gasteiger partial charge in [-0.1, -0.05) is 6.92 Å². The Labute approximate surface area is 123 Å². The van der Waals surface area contributed by atoms with Crippen molar-refractivity contribution in [2.45, 2.75) is 32.7 Å². The summed E-state index contributed by atoms with van der Waals surface area (Å²) < 4.78 is 9.07. The minimum Gasteiger partial charge on any atom is -0.462 e. The van der Waals surface area contributed by atoms with Crippen molar-refractivity contribution in [3.05, 3.63) is 5.56 Å². The van der Waals surface area contributed by atoms with Gasteiger partial charge in [0.05, 0.1) is 6.61 Å². The van der Waals surface area contributed by atoms with Crippen LogP contribution in [0.25, 0.3) is 0 Å². The number of likely N-dealkylation sites (N-methyl/N-ethyl adjacent to an activating group) is 1. The van der Waals surface area contributed by atoms with Crippen molar-refractivity contribution < 1.29 is 9.53 Å². The zero-order valence-electron chi connectivity index (χ0n) is 12.0. The molecule has 0 radical (unpaired) electrons. The number of ether oxygens (including phenoxy) is 1. The molecule has 20 heavy (non-hydrogen) atoms. The fourth-order valence-electron chi connectivity index (χ4n) is 2.58. The number of hydrogen-bond donors (Lipinski definition) is 2. The number of nitrogen functional groups attached to an aromatic ring is 1. The average Bonchev–Trinajstić information content (AvgIpc) is 3.02. The summed E-state index contributed by atoms with van der Waals surface area (Å²) in [5.41, 5.74) is 6.13. The van der Waals surface area contributed by atoms with E-state index in [1.54, 1.807) is 6.92 Å². The molecule has 1 aliphatic heterocycles. The number of nitrogens with one attached hydrogen (secondary N) is 1. The highest BCUT2D eigenvalue weighted by atomic mass is 32.1. The highest BCUT2D eigenvalue weighted by molar-refractivity contribution is 7.11. The number of anilines is 2. The number of esters is 1. The minimum atomic E-state index is -0.403. The highest BCUT2D eigenvalue weighted by Crippen LogP contribution is 2.28. The fourth-order valence-corrected chi connectivity index (χ4v) is 3.28. The molecule has 3 N–H and O–H groups in total. The molecule has 1 aromatic rings. The molecule has 0 spiro atoms. The first-order chi connectivity index (χ1) is 9.67. The number of carbonyl (C=O) groups is 1. The van der Waals surface area contributed by atoms with E-state index in [1.165, 1.54) is 24.4 Å². The first kappa shape index (κ1) is 15.1. The standard InChI is InChI=1S/C13H22N4O2S/c1-3-17-7-5-6-9(17)8-15-12-10(11(14)16-20-12)13(18)19-4-2/h9,15H,3-8H2,1-2H3,(H2,14,16). The van der Waals surface area contributed by atoms with Crippen LogP contribution in [0.4, 0.5) is 10.8 Å². The molecule has 6 nitrogen and oxygen atoms in total. The predicted molar refractivity (Wildman–Crippen MR) is 81.2 cm³/mol. The van der Waals surface area contributed by atoms with Gasteiger partial charge in [0.15, 0.2) is 5.82 Å². The Bertz CT molecular complexity index is 463. The molecule has 0 bridgehead atoms. The molecule has 0 saturated carbocycles. The summed E-state index contributed by atoms with van der Waals surface area (Å²) in [6.07, 6.45) is 2.42. The first-order valence-electron chi connectivity index (χ1n) is 7.07. The van der Waals surface area contributed by atoms with Crippen LogP contribution in [-0.4, -0.2) is 47.5 Å². The molecule has 2 heterocycles. The number of rotatable bonds is 6. The van der Waals surface area contributed by atoms with Gasteiger partial charge in [0.1, 0.15) is 10.6 Å². The second-order valence-corrected chi connectivity index (χ2v) is 5.57. The first-order valence-corrected chi connectivity index (χ1v) is 7.84. The number of likely N-dealkylation sites (tertiary alicyclic amines) is 1. The molecular formula is C13H22N4O2S. The van der Waals surface area contributed by atoms with Gasteiger partial charge in [-0.2, -0.15) is 4.37 Å². The van der Waals surface area contributed by atoms with Crippen LogP contribution in [0.3, 0.4) is 0 Å². The number of nitrogens with two attached hydrogens (primary N) is 1. The molecule has 0 aliphatic carbocycles. The number of carbonyl (C=O) groups excluding carboxylic acids is 1. The third-order valence-electron chi connectivity index (χ3n) is 3.60. The Kier molecular flexibility index (Phi) is 5.19. The van der Waals surface area contributed by atoms with Crippen LogP contribution < -0.4 is 11.1 Å². The van der Waals surface area contributed by atoms with Crippen molar-refractivity contribution >= 4 is 28.3 Å². The molecule has 1 aliphatic rings. The largest absolute Gasteiger partial charge is 0.462 e. The Morgan fingerprint density at radius 2 is 2.40 bits per heavy atom. The molecule has 1 fully saturated rings. The fraction of sp³-hybridized carbons (Fsp3) is 0.692. The lowest BCUT2D eigenvalue weighted by molar-refractivity contribution is 0.0529. The van der Waals surface area contributed by atoms with E-state index in [4.69, 9.17) is 10.5 Å². The van der Waals surface area contributed by atoms with E-state index >= 15 is 0 Å². The number of aromatic nitrogens is 1. The Morgan fingerprint density at radius 1 is 1.60 bits per heavy atom. The van der Waals surface area contributed by atoms with Crippen molar-refractivity contribution in [2.24, 2.45) is 0 Å². The SMILES string of the molecule is CCOC(=O)c1c(N)nsc1NCC1CCCN1CC. The van der Waals surface area contributed by atoms with E-state index in [9.17, 15) is 4.79 Å². The normalized spacial score (nSPS) is 19.2. The maximum absolute atomic E-state index is 11.9. The van der Waals surface area contributed by atoms with Crippen LogP contribution in [0.15, 0.2) is 0 Å². The van der Waals surface area contributed by atoms with E-state index in [0.29, 0.717) is 23.2 Å². The summed E-state index contributed by atoms with van der Waals surface area (Å²) in [4.78, 5) is 14.3. The van der Waals surface area contributed by atoms with Gasteiger partial charge in [0, 0.05) is 12.6 Å². The lowest BCUT2D eigenvalue weighted by Crippen LogP contribution is -2.34. The lowest BCUT2D eigenvalue weighted by Gasteiger charge is -2.23. The van der Waals surface area contributed by atoms with Crippen molar-refractivity contribution in [1.29, 1.82) is 0 Å². The van der Waals surface area contributed by atoms with Gasteiger partial charge in [0.2, 0.25) is 0 Å². The monoisotopic (exact) mass is 298 g/mol. The quantitative estimate of drug-likeness (QED) is 0.780. The summed E-state index contributed by atoms with van der Waals surface area (Å²) in [7, 11) is 0. The van der Waals surface area contributed by atoms with Gasteiger partial charge in [-0.15, -0.1) is 0 Å². The van der Waals surface area contributed by atoms with Crippen molar-refractivity contribution in [1.82, 2.24) is 9.27 Å². The van der Waals surface area contributed by atoms with Crippen LogP contribution in [0.2, 0.25) is 0 Å². The van der Waals surface area contributed by atoms with Crippen molar-refractivity contribution in [3.63, 3.8) is 0 Å². The summed E-state index contributed by atoms with van der Waals surface area (Å²) in [5, 5.41) is 4.03. The Balaban J connectivity index is 2.01. The molecular weight excluding hydrogens is 276 g/mol. The zero-order valence-corrected chi connectivity index (χ0v) is 12.8. The van der Waals surface area contributed by atoms with Gasteiger partial charge in [-0.25, -0.2) is 4.79 Å². The Hall–Kier alpha value is -1.34. The molecule has 1 atom stereocenters.